The second-order valence-corrected chi connectivity index (χ2v) is 8.70. The predicted octanol–water partition coefficient (Wildman–Crippen LogP) is 3.45. The van der Waals surface area contributed by atoms with Gasteiger partial charge in [-0.3, -0.25) is 9.59 Å². The van der Waals surface area contributed by atoms with E-state index in [0.717, 1.165) is 0 Å². The van der Waals surface area contributed by atoms with Crippen molar-refractivity contribution in [1.82, 2.24) is 10.2 Å². The number of rotatable bonds is 9. The fraction of sp³-hybridized carbons (Fsp3) is 0.500. The summed E-state index contributed by atoms with van der Waals surface area (Å²) in [5.74, 6) is -0.173. The van der Waals surface area contributed by atoms with Gasteiger partial charge in [0.2, 0.25) is 11.8 Å². The van der Waals surface area contributed by atoms with E-state index in [1.165, 1.54) is 7.11 Å². The lowest BCUT2D eigenvalue weighted by molar-refractivity contribution is -0.125. The molecule has 0 saturated heterocycles. The number of aliphatic imine (C=N–C) groups is 1. The minimum atomic E-state index is -0.966. The summed E-state index contributed by atoms with van der Waals surface area (Å²) < 4.78 is 18.7. The van der Waals surface area contributed by atoms with E-state index < -0.39 is 18.4 Å². The number of methoxy groups -OCH3 is 1. The van der Waals surface area contributed by atoms with Gasteiger partial charge in [-0.2, -0.15) is 5.26 Å². The van der Waals surface area contributed by atoms with E-state index in [1.807, 2.05) is 13.8 Å². The molecule has 1 heterocycles. The maximum absolute atomic E-state index is 13.1. The minimum Gasteiger partial charge on any atom is -0.358 e. The molecule has 2 N–H and O–H groups in total. The summed E-state index contributed by atoms with van der Waals surface area (Å²) in [7, 11) is 1.51. The van der Waals surface area contributed by atoms with Crippen molar-refractivity contribution in [2.24, 2.45) is 10.9 Å². The van der Waals surface area contributed by atoms with Gasteiger partial charge in [0.25, 0.3) is 0 Å². The molecule has 8 nitrogen and oxygen atoms in total. The van der Waals surface area contributed by atoms with Gasteiger partial charge in [-0.25, -0.2) is 9.38 Å². The molecule has 2 rings (SSSR count). The fourth-order valence-corrected chi connectivity index (χ4v) is 3.22. The molecule has 2 unspecified atom stereocenters. The topological polar surface area (TPSA) is 107 Å². The van der Waals surface area contributed by atoms with Gasteiger partial charge in [0.05, 0.1) is 28.6 Å². The third-order valence-corrected chi connectivity index (χ3v) is 5.42. The van der Waals surface area contributed by atoms with Gasteiger partial charge < -0.3 is 20.3 Å². The van der Waals surface area contributed by atoms with Crippen LogP contribution in [0.4, 0.5) is 10.1 Å². The number of alkyl halides is 1. The summed E-state index contributed by atoms with van der Waals surface area (Å²) in [5, 5.41) is 14.9. The molecule has 1 aliphatic heterocycles. The smallest absolute Gasteiger partial charge is 0.240 e. The molecular weight excluding hydrogens is 425 g/mol. The van der Waals surface area contributed by atoms with Crippen LogP contribution in [0.25, 0.3) is 5.70 Å². The van der Waals surface area contributed by atoms with E-state index in [0.29, 0.717) is 34.8 Å². The third-order valence-electron chi connectivity index (χ3n) is 5.42. The first-order chi connectivity index (χ1) is 15.5. The number of benzene rings is 1. The first kappa shape index (κ1) is 26.0. The molecule has 9 heteroatoms. The molecule has 0 spiro atoms. The molecule has 178 valence electrons. The molecule has 2 amide bonds. The van der Waals surface area contributed by atoms with Crippen molar-refractivity contribution in [2.45, 2.75) is 52.8 Å². The zero-order valence-electron chi connectivity index (χ0n) is 20.0. The van der Waals surface area contributed by atoms with Crippen molar-refractivity contribution in [2.75, 3.05) is 25.6 Å². The van der Waals surface area contributed by atoms with E-state index in [1.54, 1.807) is 49.9 Å². The lowest BCUT2D eigenvalue weighted by Crippen LogP contribution is -2.52. The highest BCUT2D eigenvalue weighted by Crippen LogP contribution is 2.30. The van der Waals surface area contributed by atoms with Crippen LogP contribution in [0.2, 0.25) is 0 Å². The maximum Gasteiger partial charge on any atom is 0.240 e. The lowest BCUT2D eigenvalue weighted by atomic mass is 10.0. The van der Waals surface area contributed by atoms with Crippen molar-refractivity contribution >= 4 is 29.0 Å². The summed E-state index contributed by atoms with van der Waals surface area (Å²) in [4.78, 5) is 31.3. The summed E-state index contributed by atoms with van der Waals surface area (Å²) in [6, 6.07) is 7.08. The van der Waals surface area contributed by atoms with Crippen molar-refractivity contribution < 1.29 is 18.7 Å². The van der Waals surface area contributed by atoms with Crippen LogP contribution in [-0.4, -0.2) is 54.6 Å². The third kappa shape index (κ3) is 6.62. The van der Waals surface area contributed by atoms with Crippen molar-refractivity contribution in [3.05, 3.63) is 35.4 Å². The quantitative estimate of drug-likeness (QED) is 0.591. The highest BCUT2D eigenvalue weighted by molar-refractivity contribution is 5.98. The van der Waals surface area contributed by atoms with Crippen LogP contribution in [0.5, 0.6) is 0 Å². The van der Waals surface area contributed by atoms with Crippen LogP contribution in [0.3, 0.4) is 0 Å². The molecule has 1 aromatic carbocycles. The summed E-state index contributed by atoms with van der Waals surface area (Å²) >= 11 is 0. The predicted molar refractivity (Wildman–Crippen MR) is 126 cm³/mol. The van der Waals surface area contributed by atoms with Crippen LogP contribution < -0.4 is 10.6 Å². The molecule has 1 aliphatic rings. The molecule has 1 aromatic rings. The van der Waals surface area contributed by atoms with Crippen LogP contribution >= 0.6 is 0 Å². The van der Waals surface area contributed by atoms with Gasteiger partial charge >= 0.3 is 0 Å². The molecule has 33 heavy (non-hydrogen) atoms. The summed E-state index contributed by atoms with van der Waals surface area (Å²) in [6.45, 7) is 7.96. The van der Waals surface area contributed by atoms with Gasteiger partial charge in [-0.05, 0) is 51.5 Å². The fourth-order valence-electron chi connectivity index (χ4n) is 3.22. The Morgan fingerprint density at radius 2 is 2.09 bits per heavy atom. The Balaban J connectivity index is 2.36. The molecule has 0 aromatic heterocycles. The van der Waals surface area contributed by atoms with Crippen LogP contribution in [-0.2, 0) is 14.3 Å². The zero-order chi connectivity index (χ0) is 24.8. The molecule has 0 radical (unpaired) electrons. The van der Waals surface area contributed by atoms with E-state index in [-0.39, 0.29) is 24.3 Å². The highest BCUT2D eigenvalue weighted by atomic mass is 19.1. The number of carbonyl (C=O) groups excluding carboxylic acids is 2. The second kappa shape index (κ2) is 11.1. The van der Waals surface area contributed by atoms with E-state index >= 15 is 0 Å². The van der Waals surface area contributed by atoms with Crippen molar-refractivity contribution in [1.29, 1.82) is 5.26 Å². The van der Waals surface area contributed by atoms with Crippen molar-refractivity contribution in [3.8, 4) is 6.07 Å². The number of anilines is 1. The number of nitrogens with one attached hydrogen (secondary N) is 2. The Labute approximate surface area is 194 Å². The number of amides is 2. The van der Waals surface area contributed by atoms with E-state index in [2.05, 4.69) is 21.7 Å². The van der Waals surface area contributed by atoms with Crippen LogP contribution in [0.15, 0.2) is 29.3 Å². The first-order valence-corrected chi connectivity index (χ1v) is 10.8. The normalized spacial score (nSPS) is 16.9. The van der Waals surface area contributed by atoms with Crippen LogP contribution in [0, 0.1) is 17.2 Å². The Bertz CT molecular complexity index is 996. The average molecular weight is 458 g/mol. The van der Waals surface area contributed by atoms with Gasteiger partial charge in [0.15, 0.2) is 6.23 Å². The number of amidine groups is 1. The Morgan fingerprint density at radius 1 is 1.39 bits per heavy atom. The monoisotopic (exact) mass is 457 g/mol. The SMILES string of the molecule is CCC(C)C(=O)Nc1cc(C#N)ccc1C1=CC(OC)N(CC(=O)NC(C)(C)CF)C(C)=N1. The largest absolute Gasteiger partial charge is 0.358 e. The van der Waals surface area contributed by atoms with E-state index in [4.69, 9.17) is 4.74 Å². The highest BCUT2D eigenvalue weighted by Gasteiger charge is 2.28. The van der Waals surface area contributed by atoms with Gasteiger partial charge in [-0.1, -0.05) is 13.8 Å². The standard InChI is InChI=1S/C24H32FN5O3/c1-7-15(2)23(32)28-19-10-17(12-26)8-9-18(19)20-11-22(33-6)30(16(3)27-20)13-21(31)29-24(4,5)14-25/h8-11,15,22H,7,13-14H2,1-6H3,(H,28,32)(H,29,31). The Morgan fingerprint density at radius 3 is 2.67 bits per heavy atom. The molecular formula is C24H32FN5O3. The average Bonchev–Trinajstić information content (AvgIpc) is 2.79. The minimum absolute atomic E-state index is 0.0635. The number of nitriles is 1. The maximum atomic E-state index is 13.1. The molecule has 0 aliphatic carbocycles. The number of hydrogen-bond acceptors (Lipinski definition) is 6. The molecule has 0 saturated carbocycles. The number of carbonyl (C=O) groups is 2. The second-order valence-electron chi connectivity index (χ2n) is 8.70. The molecule has 0 fully saturated rings. The Hall–Kier alpha value is -3.25. The van der Waals surface area contributed by atoms with Crippen molar-refractivity contribution in [3.63, 3.8) is 0 Å². The number of nitrogens with zero attached hydrogens (tertiary/aromatic N) is 3. The number of halogens is 1. The number of ether oxygens (including phenoxy) is 1. The first-order valence-electron chi connectivity index (χ1n) is 10.8. The summed E-state index contributed by atoms with van der Waals surface area (Å²) in [5.41, 5.74) is 1.10. The van der Waals surface area contributed by atoms with Gasteiger partial charge in [0, 0.05) is 18.6 Å². The molecule has 2 atom stereocenters. The van der Waals surface area contributed by atoms with E-state index in [9.17, 15) is 19.2 Å². The van der Waals surface area contributed by atoms with Gasteiger partial charge in [0.1, 0.15) is 19.1 Å². The number of hydrogen-bond donors (Lipinski definition) is 2. The Kier molecular flexibility index (Phi) is 8.71. The summed E-state index contributed by atoms with van der Waals surface area (Å²) in [6.07, 6.45) is 1.81. The zero-order valence-corrected chi connectivity index (χ0v) is 20.0. The molecule has 0 bridgehead atoms. The van der Waals surface area contributed by atoms with Gasteiger partial charge in [-0.15, -0.1) is 0 Å². The lowest BCUT2D eigenvalue weighted by Gasteiger charge is -2.34. The van der Waals surface area contributed by atoms with Crippen LogP contribution in [0.1, 0.15) is 52.2 Å².